The molecule has 0 aromatic heterocycles. The fraction of sp³-hybridized carbons (Fsp3) is 0.500. The molecule has 0 radical (unpaired) electrons. The van der Waals surface area contributed by atoms with Gasteiger partial charge in [0.1, 0.15) is 18.3 Å². The summed E-state index contributed by atoms with van der Waals surface area (Å²) in [5, 5.41) is 37.5. The van der Waals surface area contributed by atoms with E-state index in [-0.39, 0.29) is 19.4 Å². The van der Waals surface area contributed by atoms with Crippen LogP contribution in [-0.2, 0) is 14.3 Å². The molecule has 0 aromatic carbocycles. The molecule has 23 heavy (non-hydrogen) atoms. The fourth-order valence-electron chi connectivity index (χ4n) is 1.80. The largest absolute Gasteiger partial charge is 0.481 e. The van der Waals surface area contributed by atoms with E-state index in [1.165, 1.54) is 12.2 Å². The Hall–Kier alpha value is -2.09. The highest BCUT2D eigenvalue weighted by Crippen LogP contribution is 2.19. The Morgan fingerprint density at radius 2 is 2.13 bits per heavy atom. The summed E-state index contributed by atoms with van der Waals surface area (Å²) in [5.41, 5.74) is 2.68. The maximum atomic E-state index is 10.7. The van der Waals surface area contributed by atoms with Gasteiger partial charge in [0.25, 0.3) is 0 Å². The molecule has 0 aromatic rings. The summed E-state index contributed by atoms with van der Waals surface area (Å²) in [6.45, 7) is -0.207. The first-order chi connectivity index (χ1) is 11.0. The zero-order valence-electron chi connectivity index (χ0n) is 12.3. The van der Waals surface area contributed by atoms with Gasteiger partial charge < -0.3 is 29.9 Å². The molecule has 5 atom stereocenters. The van der Waals surface area contributed by atoms with Gasteiger partial charge in [-0.05, 0) is 24.3 Å². The number of rotatable bonds is 6. The minimum absolute atomic E-state index is 0.101. The molecule has 124 valence electrons. The molecule has 1 aliphatic heterocycles. The van der Waals surface area contributed by atoms with E-state index in [9.17, 15) is 20.1 Å². The second-order valence-electron chi connectivity index (χ2n) is 4.75. The van der Waals surface area contributed by atoms with Gasteiger partial charge in [-0.1, -0.05) is 5.92 Å². The summed E-state index contributed by atoms with van der Waals surface area (Å²) >= 11 is 0. The molecule has 1 rings (SSSR count). The van der Waals surface area contributed by atoms with Crippen molar-refractivity contribution in [2.75, 3.05) is 6.61 Å². The Bertz CT molecular complexity index is 559. The van der Waals surface area contributed by atoms with Crippen LogP contribution in [-0.4, -0.2) is 63.7 Å². The molecule has 0 saturated carbocycles. The van der Waals surface area contributed by atoms with Gasteiger partial charge in [-0.3, -0.25) is 4.79 Å². The summed E-state index contributed by atoms with van der Waals surface area (Å²) in [6, 6.07) is 0. The van der Waals surface area contributed by atoms with Gasteiger partial charge in [0.05, 0.1) is 12.7 Å². The van der Waals surface area contributed by atoms with Gasteiger partial charge in [-0.2, -0.15) is 0 Å². The second kappa shape index (κ2) is 9.83. The van der Waals surface area contributed by atoms with E-state index < -0.39 is 36.7 Å². The number of aliphatic carboxylic acids is 1. The number of aliphatic hydroxyl groups is 3. The van der Waals surface area contributed by atoms with Crippen molar-refractivity contribution in [2.45, 2.75) is 43.5 Å². The van der Waals surface area contributed by atoms with E-state index in [2.05, 4.69) is 23.5 Å². The van der Waals surface area contributed by atoms with Gasteiger partial charge in [-0.15, -0.1) is 12.2 Å². The van der Waals surface area contributed by atoms with E-state index in [4.69, 9.17) is 21.0 Å². The van der Waals surface area contributed by atoms with Crippen LogP contribution in [0.15, 0.2) is 17.9 Å². The maximum Gasteiger partial charge on any atom is 0.303 e. The van der Waals surface area contributed by atoms with Crippen LogP contribution >= 0.6 is 0 Å². The van der Waals surface area contributed by atoms with Crippen molar-refractivity contribution in [3.8, 4) is 24.2 Å². The van der Waals surface area contributed by atoms with E-state index in [0.717, 1.165) is 0 Å². The standard InChI is InChI=1S/C16H18O7/c1-2-3-4-5-6-7-11(8-9-13(18)19)23-16-15(21)14(20)12(17)10-22-16/h1,5,7,11-12,14-17,20-21H,8-10H2,(H,18,19)/t6?,11-,12-,14+,15-,16+/m1/s1. The van der Waals surface area contributed by atoms with Crippen LogP contribution in [0.3, 0.4) is 0 Å². The fourth-order valence-corrected chi connectivity index (χ4v) is 1.80. The topological polar surface area (TPSA) is 116 Å². The first-order valence-corrected chi connectivity index (χ1v) is 6.86. The quantitative estimate of drug-likeness (QED) is 0.367. The third kappa shape index (κ3) is 6.68. The van der Waals surface area contributed by atoms with Crippen LogP contribution in [0.4, 0.5) is 0 Å². The third-order valence-electron chi connectivity index (χ3n) is 2.99. The maximum absolute atomic E-state index is 10.7. The summed E-state index contributed by atoms with van der Waals surface area (Å²) < 4.78 is 10.6. The zero-order valence-corrected chi connectivity index (χ0v) is 12.3. The SMILES string of the molecule is C#CC#CC=C=C[C@H](CCC(=O)O)O[C@@H]1OC[C@@H](O)[C@H](O)[C@H]1O. The van der Waals surface area contributed by atoms with E-state index in [1.54, 1.807) is 0 Å². The van der Waals surface area contributed by atoms with Crippen molar-refractivity contribution in [1.29, 1.82) is 0 Å². The van der Waals surface area contributed by atoms with E-state index in [0.29, 0.717) is 0 Å². The summed E-state index contributed by atoms with van der Waals surface area (Å²) in [4.78, 5) is 10.7. The predicted molar refractivity (Wildman–Crippen MR) is 78.8 cm³/mol. The highest BCUT2D eigenvalue weighted by molar-refractivity contribution is 5.66. The van der Waals surface area contributed by atoms with E-state index >= 15 is 0 Å². The van der Waals surface area contributed by atoms with Crippen molar-refractivity contribution in [2.24, 2.45) is 0 Å². The molecule has 1 fully saturated rings. The number of carboxylic acids is 1. The zero-order chi connectivity index (χ0) is 17.2. The molecule has 0 amide bonds. The lowest BCUT2D eigenvalue weighted by molar-refractivity contribution is -0.278. The lowest BCUT2D eigenvalue weighted by atomic mass is 10.1. The highest BCUT2D eigenvalue weighted by Gasteiger charge is 2.39. The summed E-state index contributed by atoms with van der Waals surface area (Å²) in [6.07, 6.45) is 1.64. The molecule has 1 heterocycles. The first-order valence-electron chi connectivity index (χ1n) is 6.86. The average molecular weight is 322 g/mol. The van der Waals surface area contributed by atoms with Crippen LogP contribution in [0.25, 0.3) is 0 Å². The Morgan fingerprint density at radius 1 is 1.39 bits per heavy atom. The normalized spacial score (nSPS) is 27.6. The summed E-state index contributed by atoms with van der Waals surface area (Å²) in [5.74, 6) is 5.96. The molecular weight excluding hydrogens is 304 g/mol. The van der Waals surface area contributed by atoms with Gasteiger partial charge in [-0.25, -0.2) is 0 Å². The number of aliphatic hydroxyl groups excluding tert-OH is 3. The van der Waals surface area contributed by atoms with Crippen molar-refractivity contribution in [3.63, 3.8) is 0 Å². The van der Waals surface area contributed by atoms with Crippen molar-refractivity contribution in [3.05, 3.63) is 17.9 Å². The lowest BCUT2D eigenvalue weighted by Crippen LogP contribution is -2.54. The Morgan fingerprint density at radius 3 is 2.78 bits per heavy atom. The Kier molecular flexibility index (Phi) is 8.10. The van der Waals surface area contributed by atoms with Gasteiger partial charge in [0.15, 0.2) is 6.29 Å². The lowest BCUT2D eigenvalue weighted by Gasteiger charge is -2.36. The van der Waals surface area contributed by atoms with Crippen LogP contribution < -0.4 is 0 Å². The molecule has 4 N–H and O–H groups in total. The van der Waals surface area contributed by atoms with Crippen LogP contribution in [0.5, 0.6) is 0 Å². The number of ether oxygens (including phenoxy) is 2. The molecule has 0 spiro atoms. The van der Waals surface area contributed by atoms with Crippen molar-refractivity contribution in [1.82, 2.24) is 0 Å². The monoisotopic (exact) mass is 322 g/mol. The Balaban J connectivity index is 2.74. The molecule has 0 bridgehead atoms. The predicted octanol–water partition coefficient (Wildman–Crippen LogP) is -0.977. The minimum Gasteiger partial charge on any atom is -0.481 e. The van der Waals surface area contributed by atoms with Crippen LogP contribution in [0.2, 0.25) is 0 Å². The molecule has 0 unspecified atom stereocenters. The summed E-state index contributed by atoms with van der Waals surface area (Å²) in [7, 11) is 0. The third-order valence-corrected chi connectivity index (χ3v) is 2.99. The number of carboxylic acid groups (broad SMARTS) is 1. The molecule has 1 saturated heterocycles. The minimum atomic E-state index is -1.45. The molecule has 7 heteroatoms. The number of terminal acetylenes is 1. The smallest absolute Gasteiger partial charge is 0.303 e. The van der Waals surface area contributed by atoms with Crippen molar-refractivity contribution >= 4 is 5.97 Å². The van der Waals surface area contributed by atoms with Crippen molar-refractivity contribution < 1.29 is 34.7 Å². The molecular formula is C16H18O7. The number of hydrogen-bond acceptors (Lipinski definition) is 6. The number of carbonyl (C=O) groups is 1. The molecule has 1 aliphatic rings. The first kappa shape index (κ1) is 19.0. The van der Waals surface area contributed by atoms with E-state index in [1.807, 2.05) is 0 Å². The highest BCUT2D eigenvalue weighted by atomic mass is 16.7. The average Bonchev–Trinajstić information content (AvgIpc) is 2.52. The number of hydrogen-bond donors (Lipinski definition) is 4. The molecule has 7 nitrogen and oxygen atoms in total. The van der Waals surface area contributed by atoms with Gasteiger partial charge in [0.2, 0.25) is 0 Å². The van der Waals surface area contributed by atoms with Gasteiger partial charge in [0, 0.05) is 12.5 Å². The Labute approximate surface area is 133 Å². The molecule has 0 aliphatic carbocycles. The second-order valence-corrected chi connectivity index (χ2v) is 4.75. The van der Waals surface area contributed by atoms with Gasteiger partial charge >= 0.3 is 5.97 Å². The van der Waals surface area contributed by atoms with Crippen LogP contribution in [0, 0.1) is 24.2 Å². The van der Waals surface area contributed by atoms with Crippen LogP contribution in [0.1, 0.15) is 12.8 Å².